The van der Waals surface area contributed by atoms with Gasteiger partial charge >= 0.3 is 0 Å². The van der Waals surface area contributed by atoms with Crippen molar-refractivity contribution in [3.63, 3.8) is 0 Å². The van der Waals surface area contributed by atoms with E-state index in [4.69, 9.17) is 4.74 Å². The predicted octanol–water partition coefficient (Wildman–Crippen LogP) is 4.06. The lowest BCUT2D eigenvalue weighted by Crippen LogP contribution is -2.18. The van der Waals surface area contributed by atoms with E-state index in [0.29, 0.717) is 17.6 Å². The number of benzene rings is 1. The van der Waals surface area contributed by atoms with Gasteiger partial charge in [-0.05, 0) is 33.6 Å². The number of ether oxygens (including phenoxy) is 1. The largest absolute Gasteiger partial charge is 0.435 e. The van der Waals surface area contributed by atoms with Gasteiger partial charge < -0.3 is 9.64 Å². The SMILES string of the molecule is CN(Cc1ccccc1)c1ncc(Oc2ncccc2Br)cn1. The summed E-state index contributed by atoms with van der Waals surface area (Å²) >= 11 is 3.39. The van der Waals surface area contributed by atoms with Gasteiger partial charge in [-0.15, -0.1) is 0 Å². The Balaban J connectivity index is 1.68. The molecule has 6 heteroatoms. The Morgan fingerprint density at radius 3 is 2.43 bits per heavy atom. The van der Waals surface area contributed by atoms with E-state index in [0.717, 1.165) is 11.0 Å². The van der Waals surface area contributed by atoms with E-state index >= 15 is 0 Å². The number of pyridine rings is 1. The smallest absolute Gasteiger partial charge is 0.233 e. The first-order chi connectivity index (χ1) is 11.2. The van der Waals surface area contributed by atoms with E-state index in [9.17, 15) is 0 Å². The van der Waals surface area contributed by atoms with Crippen LogP contribution in [-0.2, 0) is 6.54 Å². The molecule has 0 fully saturated rings. The van der Waals surface area contributed by atoms with Crippen molar-refractivity contribution in [3.05, 3.63) is 71.1 Å². The van der Waals surface area contributed by atoms with E-state index in [1.165, 1.54) is 5.56 Å². The maximum Gasteiger partial charge on any atom is 0.233 e. The van der Waals surface area contributed by atoms with Crippen molar-refractivity contribution in [3.8, 4) is 11.6 Å². The molecule has 0 bridgehead atoms. The third-order valence-corrected chi connectivity index (χ3v) is 3.76. The third-order valence-electron chi connectivity index (χ3n) is 3.16. The minimum Gasteiger partial charge on any atom is -0.435 e. The normalized spacial score (nSPS) is 10.3. The highest BCUT2D eigenvalue weighted by atomic mass is 79.9. The van der Waals surface area contributed by atoms with Crippen LogP contribution in [0.2, 0.25) is 0 Å². The highest BCUT2D eigenvalue weighted by Crippen LogP contribution is 2.26. The van der Waals surface area contributed by atoms with Crippen LogP contribution in [0.4, 0.5) is 5.95 Å². The second-order valence-corrected chi connectivity index (χ2v) is 5.81. The van der Waals surface area contributed by atoms with Gasteiger partial charge in [0.2, 0.25) is 11.8 Å². The standard InChI is InChI=1S/C17H15BrN4O/c1-22(12-13-6-3-2-4-7-13)17-20-10-14(11-21-17)23-16-15(18)8-5-9-19-16/h2-11H,12H2,1H3. The number of rotatable bonds is 5. The molecule has 0 saturated heterocycles. The van der Waals surface area contributed by atoms with Crippen LogP contribution in [0.3, 0.4) is 0 Å². The first-order valence-corrected chi connectivity index (χ1v) is 7.87. The molecule has 0 spiro atoms. The number of hydrogen-bond donors (Lipinski definition) is 0. The maximum absolute atomic E-state index is 5.66. The second kappa shape index (κ2) is 7.19. The van der Waals surface area contributed by atoms with Crippen molar-refractivity contribution in [2.45, 2.75) is 6.54 Å². The fourth-order valence-electron chi connectivity index (χ4n) is 2.05. The zero-order valence-corrected chi connectivity index (χ0v) is 14.1. The molecule has 116 valence electrons. The molecule has 0 radical (unpaired) electrons. The average molecular weight is 371 g/mol. The van der Waals surface area contributed by atoms with Crippen molar-refractivity contribution < 1.29 is 4.74 Å². The molecule has 0 unspecified atom stereocenters. The Kier molecular flexibility index (Phi) is 4.83. The summed E-state index contributed by atoms with van der Waals surface area (Å²) in [6, 6.07) is 13.9. The number of aromatic nitrogens is 3. The maximum atomic E-state index is 5.66. The lowest BCUT2D eigenvalue weighted by atomic mass is 10.2. The van der Waals surface area contributed by atoms with E-state index in [1.54, 1.807) is 18.6 Å². The Labute approximate surface area is 143 Å². The number of nitrogens with zero attached hydrogens (tertiary/aromatic N) is 4. The molecule has 23 heavy (non-hydrogen) atoms. The number of halogens is 1. The summed E-state index contributed by atoms with van der Waals surface area (Å²) in [5.41, 5.74) is 1.20. The zero-order valence-electron chi connectivity index (χ0n) is 12.6. The predicted molar refractivity (Wildman–Crippen MR) is 92.6 cm³/mol. The lowest BCUT2D eigenvalue weighted by molar-refractivity contribution is 0.455. The lowest BCUT2D eigenvalue weighted by Gasteiger charge is -2.17. The summed E-state index contributed by atoms with van der Waals surface area (Å²) in [6.45, 7) is 0.743. The van der Waals surface area contributed by atoms with Gasteiger partial charge in [-0.3, -0.25) is 0 Å². The molecule has 3 rings (SSSR count). The molecule has 2 aromatic heterocycles. The Bertz CT molecular complexity index is 765. The van der Waals surface area contributed by atoms with Gasteiger partial charge in [-0.2, -0.15) is 0 Å². The highest BCUT2D eigenvalue weighted by molar-refractivity contribution is 9.10. The van der Waals surface area contributed by atoms with Gasteiger partial charge in [-0.25, -0.2) is 15.0 Å². The van der Waals surface area contributed by atoms with Crippen LogP contribution in [0.25, 0.3) is 0 Å². The molecular formula is C17H15BrN4O. The number of anilines is 1. The summed E-state index contributed by atoms with van der Waals surface area (Å²) in [6.07, 6.45) is 4.96. The van der Waals surface area contributed by atoms with Crippen LogP contribution in [0.1, 0.15) is 5.56 Å². The van der Waals surface area contributed by atoms with Gasteiger partial charge in [0.1, 0.15) is 0 Å². The number of hydrogen-bond acceptors (Lipinski definition) is 5. The van der Waals surface area contributed by atoms with Crippen LogP contribution in [0.15, 0.2) is 65.5 Å². The summed E-state index contributed by atoms with van der Waals surface area (Å²) < 4.78 is 6.44. The topological polar surface area (TPSA) is 51.1 Å². The molecule has 0 aliphatic heterocycles. The first-order valence-electron chi connectivity index (χ1n) is 7.08. The summed E-state index contributed by atoms with van der Waals surface area (Å²) in [5, 5.41) is 0. The van der Waals surface area contributed by atoms with Gasteiger partial charge in [0, 0.05) is 19.8 Å². The van der Waals surface area contributed by atoms with Crippen LogP contribution in [-0.4, -0.2) is 22.0 Å². The van der Waals surface area contributed by atoms with Crippen molar-refractivity contribution in [1.29, 1.82) is 0 Å². The van der Waals surface area contributed by atoms with E-state index in [1.807, 2.05) is 42.3 Å². The van der Waals surface area contributed by atoms with Crippen LogP contribution >= 0.6 is 15.9 Å². The van der Waals surface area contributed by atoms with E-state index in [2.05, 4.69) is 43.0 Å². The average Bonchev–Trinajstić information content (AvgIpc) is 2.58. The van der Waals surface area contributed by atoms with Crippen molar-refractivity contribution in [2.75, 3.05) is 11.9 Å². The molecule has 0 N–H and O–H groups in total. The fraction of sp³-hybridized carbons (Fsp3) is 0.118. The first kappa shape index (κ1) is 15.4. The van der Waals surface area contributed by atoms with Crippen LogP contribution in [0, 0.1) is 0 Å². The van der Waals surface area contributed by atoms with Crippen molar-refractivity contribution in [2.24, 2.45) is 0 Å². The molecule has 5 nitrogen and oxygen atoms in total. The van der Waals surface area contributed by atoms with Crippen LogP contribution in [0.5, 0.6) is 11.6 Å². The molecule has 0 amide bonds. The van der Waals surface area contributed by atoms with Gasteiger partial charge in [-0.1, -0.05) is 30.3 Å². The van der Waals surface area contributed by atoms with E-state index in [-0.39, 0.29) is 0 Å². The minimum absolute atomic E-state index is 0.487. The van der Waals surface area contributed by atoms with Crippen LogP contribution < -0.4 is 9.64 Å². The molecular weight excluding hydrogens is 356 g/mol. The quantitative estimate of drug-likeness (QED) is 0.677. The Morgan fingerprint density at radius 2 is 1.74 bits per heavy atom. The van der Waals surface area contributed by atoms with Gasteiger partial charge in [0.05, 0.1) is 16.9 Å². The third kappa shape index (κ3) is 4.04. The summed E-state index contributed by atoms with van der Waals surface area (Å²) in [7, 11) is 1.96. The molecule has 0 atom stereocenters. The monoisotopic (exact) mass is 370 g/mol. The zero-order chi connectivity index (χ0) is 16.1. The fourth-order valence-corrected chi connectivity index (χ4v) is 2.38. The molecule has 1 aromatic carbocycles. The highest BCUT2D eigenvalue weighted by Gasteiger charge is 2.07. The molecule has 3 aromatic rings. The Morgan fingerprint density at radius 1 is 1.00 bits per heavy atom. The molecule has 2 heterocycles. The van der Waals surface area contributed by atoms with Crippen molar-refractivity contribution >= 4 is 21.9 Å². The van der Waals surface area contributed by atoms with Crippen molar-refractivity contribution in [1.82, 2.24) is 15.0 Å². The van der Waals surface area contributed by atoms with E-state index < -0.39 is 0 Å². The minimum atomic E-state index is 0.487. The molecule has 0 aliphatic carbocycles. The molecule has 0 saturated carbocycles. The second-order valence-electron chi connectivity index (χ2n) is 4.95. The van der Waals surface area contributed by atoms with Gasteiger partial charge in [0.15, 0.2) is 5.75 Å². The summed E-state index contributed by atoms with van der Waals surface area (Å²) in [4.78, 5) is 14.8. The summed E-state index contributed by atoms with van der Waals surface area (Å²) in [5.74, 6) is 1.67. The Hall–Kier alpha value is -2.47. The molecule has 0 aliphatic rings. The van der Waals surface area contributed by atoms with Gasteiger partial charge in [0.25, 0.3) is 0 Å².